The molecule has 1 aliphatic carbocycles. The lowest BCUT2D eigenvalue weighted by Crippen LogP contribution is -2.29. The largest absolute Gasteiger partial charge is 0.514 e. The van der Waals surface area contributed by atoms with Gasteiger partial charge in [0, 0.05) is 0 Å². The van der Waals surface area contributed by atoms with E-state index in [1.807, 2.05) is 48.6 Å². The molecular weight excluding hydrogens is 528 g/mol. The third-order valence-corrected chi connectivity index (χ3v) is 6.61. The molecule has 0 amide bonds. The van der Waals surface area contributed by atoms with Gasteiger partial charge < -0.3 is 18.9 Å². The molecular formula is C36H38O6. The second-order valence-electron chi connectivity index (χ2n) is 12.1. The van der Waals surface area contributed by atoms with E-state index in [4.69, 9.17) is 18.9 Å². The zero-order valence-corrected chi connectivity index (χ0v) is 25.3. The van der Waals surface area contributed by atoms with Crippen LogP contribution in [0.15, 0.2) is 109 Å². The van der Waals surface area contributed by atoms with E-state index < -0.39 is 28.9 Å². The van der Waals surface area contributed by atoms with Crippen molar-refractivity contribution in [3.63, 3.8) is 0 Å². The van der Waals surface area contributed by atoms with Crippen LogP contribution in [0.25, 0.3) is 11.1 Å². The van der Waals surface area contributed by atoms with Crippen molar-refractivity contribution in [2.24, 2.45) is 0 Å². The Morgan fingerprint density at radius 3 is 1.71 bits per heavy atom. The topological polar surface area (TPSA) is 71.1 Å². The van der Waals surface area contributed by atoms with E-state index >= 15 is 0 Å². The van der Waals surface area contributed by atoms with Crippen LogP contribution in [0.1, 0.15) is 65.2 Å². The fourth-order valence-corrected chi connectivity index (χ4v) is 5.15. The summed E-state index contributed by atoms with van der Waals surface area (Å²) in [5, 5.41) is 0. The van der Waals surface area contributed by atoms with Gasteiger partial charge >= 0.3 is 12.3 Å². The van der Waals surface area contributed by atoms with Crippen LogP contribution in [0.5, 0.6) is 5.75 Å². The molecule has 1 aliphatic rings. The summed E-state index contributed by atoms with van der Waals surface area (Å²) in [7, 11) is 0. The van der Waals surface area contributed by atoms with Crippen LogP contribution in [0.4, 0.5) is 9.59 Å². The number of carbonyl (C=O) groups excluding carboxylic acids is 2. The summed E-state index contributed by atoms with van der Waals surface area (Å²) >= 11 is 0. The van der Waals surface area contributed by atoms with Crippen molar-refractivity contribution in [2.45, 2.75) is 65.1 Å². The number of hydrogen-bond donors (Lipinski definition) is 0. The Kier molecular flexibility index (Phi) is 8.48. The predicted molar refractivity (Wildman–Crippen MR) is 164 cm³/mol. The molecule has 0 aliphatic heterocycles. The van der Waals surface area contributed by atoms with Crippen molar-refractivity contribution in [1.82, 2.24) is 0 Å². The minimum atomic E-state index is -0.767. The molecule has 6 nitrogen and oxygen atoms in total. The van der Waals surface area contributed by atoms with Crippen molar-refractivity contribution in [3.8, 4) is 16.9 Å². The standard InChI is InChI=1S/C36H38O6/c1-9-25(19-18-24(2)39-32(37)41-34(3,4)5)36(26-20-22-27(23-21-26)40-33(38)42-35(6,7)8)30-16-12-10-14-28(30)29-15-11-13-17-31(29)36/h9-23H,1H2,2-8H3/b24-18+,25-19+. The predicted octanol–water partition coefficient (Wildman–Crippen LogP) is 9.28. The normalized spacial score (nSPS) is 14.4. The third kappa shape index (κ3) is 6.49. The highest BCUT2D eigenvalue weighted by molar-refractivity contribution is 5.86. The fourth-order valence-electron chi connectivity index (χ4n) is 5.15. The molecule has 0 spiro atoms. The molecule has 0 saturated heterocycles. The minimum absolute atomic E-state index is 0.369. The Bertz CT molecular complexity index is 1500. The maximum absolute atomic E-state index is 12.3. The smallest absolute Gasteiger partial charge is 0.428 e. The summed E-state index contributed by atoms with van der Waals surface area (Å²) in [6.07, 6.45) is 3.94. The van der Waals surface area contributed by atoms with Gasteiger partial charge in [0.2, 0.25) is 0 Å². The number of allylic oxidation sites excluding steroid dienone is 5. The van der Waals surface area contributed by atoms with Crippen LogP contribution in [-0.2, 0) is 19.6 Å². The van der Waals surface area contributed by atoms with Crippen LogP contribution in [-0.4, -0.2) is 23.5 Å². The lowest BCUT2D eigenvalue weighted by atomic mass is 9.67. The Hall–Kier alpha value is -4.58. The zero-order valence-electron chi connectivity index (χ0n) is 25.3. The molecule has 3 aromatic carbocycles. The number of ether oxygens (including phenoxy) is 4. The maximum atomic E-state index is 12.3. The van der Waals surface area contributed by atoms with Crippen molar-refractivity contribution < 1.29 is 28.5 Å². The first kappa shape index (κ1) is 30.4. The van der Waals surface area contributed by atoms with E-state index in [9.17, 15) is 9.59 Å². The highest BCUT2D eigenvalue weighted by Gasteiger charge is 2.46. The van der Waals surface area contributed by atoms with Gasteiger partial charge in [-0.15, -0.1) is 0 Å². The number of benzene rings is 3. The van der Waals surface area contributed by atoms with Crippen molar-refractivity contribution in [3.05, 3.63) is 126 Å². The molecule has 0 aromatic heterocycles. The van der Waals surface area contributed by atoms with Gasteiger partial charge in [0.25, 0.3) is 0 Å². The summed E-state index contributed by atoms with van der Waals surface area (Å²) in [4.78, 5) is 24.6. The van der Waals surface area contributed by atoms with E-state index in [0.717, 1.165) is 33.4 Å². The molecule has 6 heteroatoms. The van der Waals surface area contributed by atoms with Gasteiger partial charge in [0.05, 0.1) is 5.41 Å². The molecule has 0 N–H and O–H groups in total. The zero-order chi connectivity index (χ0) is 30.7. The number of rotatable bonds is 6. The summed E-state index contributed by atoms with van der Waals surface area (Å²) in [5.41, 5.74) is 4.12. The molecule has 0 saturated carbocycles. The van der Waals surface area contributed by atoms with Crippen molar-refractivity contribution in [2.75, 3.05) is 0 Å². The molecule has 0 heterocycles. The molecule has 4 rings (SSSR count). The lowest BCUT2D eigenvalue weighted by Gasteiger charge is -2.34. The van der Waals surface area contributed by atoms with Gasteiger partial charge in [0.1, 0.15) is 22.7 Å². The lowest BCUT2D eigenvalue weighted by molar-refractivity contribution is 0.00650. The molecule has 218 valence electrons. The molecule has 0 radical (unpaired) electrons. The highest BCUT2D eigenvalue weighted by Crippen LogP contribution is 2.56. The average Bonchev–Trinajstić information content (AvgIpc) is 3.19. The van der Waals surface area contributed by atoms with Crippen LogP contribution >= 0.6 is 0 Å². The second kappa shape index (κ2) is 11.7. The van der Waals surface area contributed by atoms with E-state index in [1.165, 1.54) is 0 Å². The molecule has 3 aromatic rings. The Morgan fingerprint density at radius 2 is 1.21 bits per heavy atom. The maximum Gasteiger partial charge on any atom is 0.514 e. The number of hydrogen-bond acceptors (Lipinski definition) is 6. The van der Waals surface area contributed by atoms with E-state index in [2.05, 4.69) is 30.8 Å². The molecule has 0 fully saturated rings. The van der Waals surface area contributed by atoms with Gasteiger partial charge in [-0.3, -0.25) is 0 Å². The minimum Gasteiger partial charge on any atom is -0.428 e. The summed E-state index contributed by atoms with van der Waals surface area (Å²) < 4.78 is 21.5. The van der Waals surface area contributed by atoms with Gasteiger partial charge in [-0.2, -0.15) is 0 Å². The van der Waals surface area contributed by atoms with Crippen LogP contribution < -0.4 is 4.74 Å². The Labute approximate surface area is 248 Å². The van der Waals surface area contributed by atoms with Gasteiger partial charge in [-0.1, -0.05) is 79.4 Å². The first-order valence-corrected chi connectivity index (χ1v) is 13.9. The first-order chi connectivity index (χ1) is 19.7. The SMILES string of the molecule is C=C/C(=C\C=C(/C)OC(=O)OC(C)(C)C)C1(c2ccc(OC(=O)OC(C)(C)C)cc2)c2ccccc2-c2ccccc21. The van der Waals surface area contributed by atoms with Gasteiger partial charge in [0.15, 0.2) is 0 Å². The van der Waals surface area contributed by atoms with E-state index in [0.29, 0.717) is 11.5 Å². The molecule has 0 atom stereocenters. The summed E-state index contributed by atoms with van der Waals surface area (Å²) in [5.74, 6) is 0.743. The Morgan fingerprint density at radius 1 is 0.714 bits per heavy atom. The van der Waals surface area contributed by atoms with E-state index in [-0.39, 0.29) is 0 Å². The number of carbonyl (C=O) groups is 2. The van der Waals surface area contributed by atoms with Crippen molar-refractivity contribution in [1.29, 1.82) is 0 Å². The van der Waals surface area contributed by atoms with Crippen LogP contribution in [0.2, 0.25) is 0 Å². The number of fused-ring (bicyclic) bond motifs is 3. The summed E-state index contributed by atoms with van der Waals surface area (Å²) in [6, 6.07) is 24.0. The molecule has 0 unspecified atom stereocenters. The van der Waals surface area contributed by atoms with E-state index in [1.54, 1.807) is 66.7 Å². The van der Waals surface area contributed by atoms with Crippen LogP contribution in [0.3, 0.4) is 0 Å². The van der Waals surface area contributed by atoms with Crippen molar-refractivity contribution >= 4 is 12.3 Å². The second-order valence-corrected chi connectivity index (χ2v) is 12.1. The first-order valence-electron chi connectivity index (χ1n) is 13.9. The average molecular weight is 567 g/mol. The molecule has 42 heavy (non-hydrogen) atoms. The third-order valence-electron chi connectivity index (χ3n) is 6.61. The van der Waals surface area contributed by atoms with Crippen LogP contribution in [0, 0.1) is 0 Å². The van der Waals surface area contributed by atoms with Gasteiger partial charge in [-0.25, -0.2) is 9.59 Å². The highest BCUT2D eigenvalue weighted by atomic mass is 16.7. The quantitative estimate of drug-likeness (QED) is 0.128. The Balaban J connectivity index is 1.83. The monoisotopic (exact) mass is 566 g/mol. The summed E-state index contributed by atoms with van der Waals surface area (Å²) in [6.45, 7) is 16.6. The fraction of sp³-hybridized carbons (Fsp3) is 0.278. The molecule has 0 bridgehead atoms. The van der Waals surface area contributed by atoms with Gasteiger partial charge in [-0.05, 0) is 100 Å².